The number of halogens is 1. The van der Waals surface area contributed by atoms with Crippen LogP contribution in [0.4, 0.5) is 0 Å². The van der Waals surface area contributed by atoms with Gasteiger partial charge in [-0.3, -0.25) is 4.98 Å². The Bertz CT molecular complexity index is 660. The third kappa shape index (κ3) is 1.89. The van der Waals surface area contributed by atoms with Crippen molar-refractivity contribution in [1.29, 1.82) is 0 Å². The zero-order chi connectivity index (χ0) is 11.7. The Hall–Kier alpha value is -1.87. The van der Waals surface area contributed by atoms with Gasteiger partial charge in [-0.2, -0.15) is 0 Å². The van der Waals surface area contributed by atoms with E-state index in [1.807, 2.05) is 30.6 Å². The fourth-order valence-electron chi connectivity index (χ4n) is 1.85. The number of nitrogens with zero attached hydrogens (tertiary/aromatic N) is 3. The van der Waals surface area contributed by atoms with Crippen LogP contribution in [0, 0.1) is 0 Å². The van der Waals surface area contributed by atoms with Crippen molar-refractivity contribution in [3.05, 3.63) is 59.6 Å². The molecule has 1 aromatic carbocycles. The van der Waals surface area contributed by atoms with E-state index >= 15 is 0 Å². The zero-order valence-corrected chi connectivity index (χ0v) is 9.80. The van der Waals surface area contributed by atoms with Gasteiger partial charge in [-0.25, -0.2) is 4.98 Å². The van der Waals surface area contributed by atoms with E-state index in [9.17, 15) is 0 Å². The topological polar surface area (TPSA) is 30.7 Å². The second-order valence-electron chi connectivity index (χ2n) is 3.83. The molecule has 2 heterocycles. The smallest absolute Gasteiger partial charge is 0.0961 e. The van der Waals surface area contributed by atoms with E-state index in [1.165, 1.54) is 0 Å². The monoisotopic (exact) mass is 243 g/mol. The van der Waals surface area contributed by atoms with E-state index < -0.39 is 0 Å². The van der Waals surface area contributed by atoms with Crippen LogP contribution in [0.15, 0.2) is 49.1 Å². The molecule has 3 aromatic rings. The van der Waals surface area contributed by atoms with Gasteiger partial charge in [-0.15, -0.1) is 0 Å². The Balaban J connectivity index is 2.03. The Morgan fingerprint density at radius 3 is 2.94 bits per heavy atom. The average Bonchev–Trinajstić information content (AvgIpc) is 2.76. The first-order chi connectivity index (χ1) is 8.34. The molecule has 3 rings (SSSR count). The van der Waals surface area contributed by atoms with Crippen LogP contribution in [-0.4, -0.2) is 14.5 Å². The fraction of sp³-hybridized carbons (Fsp3) is 0.0769. The van der Waals surface area contributed by atoms with Crippen molar-refractivity contribution in [2.45, 2.75) is 6.54 Å². The minimum atomic E-state index is 0.685. The third-order valence-corrected chi connectivity index (χ3v) is 3.06. The molecule has 0 amide bonds. The summed E-state index contributed by atoms with van der Waals surface area (Å²) < 4.78 is 2.08. The first kappa shape index (κ1) is 10.3. The van der Waals surface area contributed by atoms with Crippen molar-refractivity contribution < 1.29 is 0 Å². The van der Waals surface area contributed by atoms with Gasteiger partial charge >= 0.3 is 0 Å². The highest BCUT2D eigenvalue weighted by Gasteiger charge is 2.04. The molecule has 3 nitrogen and oxygen atoms in total. The number of hydrogen-bond acceptors (Lipinski definition) is 2. The predicted octanol–water partition coefficient (Wildman–Crippen LogP) is 3.13. The van der Waals surface area contributed by atoms with Crippen molar-refractivity contribution in [2.24, 2.45) is 0 Å². The van der Waals surface area contributed by atoms with Crippen LogP contribution in [0.1, 0.15) is 5.56 Å². The number of imidazole rings is 1. The van der Waals surface area contributed by atoms with Crippen LogP contribution >= 0.6 is 11.6 Å². The molecule has 0 atom stereocenters. The minimum absolute atomic E-state index is 0.685. The summed E-state index contributed by atoms with van der Waals surface area (Å²) in [6.07, 6.45) is 5.25. The van der Waals surface area contributed by atoms with Gasteiger partial charge in [0.2, 0.25) is 0 Å². The summed E-state index contributed by atoms with van der Waals surface area (Å²) in [5.41, 5.74) is 3.16. The Morgan fingerprint density at radius 2 is 2.06 bits per heavy atom. The molecule has 0 spiro atoms. The summed E-state index contributed by atoms with van der Waals surface area (Å²) >= 11 is 6.10. The van der Waals surface area contributed by atoms with Gasteiger partial charge in [-0.1, -0.05) is 23.7 Å². The van der Waals surface area contributed by atoms with E-state index in [0.717, 1.165) is 16.6 Å². The Kier molecular flexibility index (Phi) is 2.53. The van der Waals surface area contributed by atoms with Gasteiger partial charge in [0.05, 0.1) is 28.9 Å². The van der Waals surface area contributed by atoms with Crippen LogP contribution in [0.25, 0.3) is 11.0 Å². The van der Waals surface area contributed by atoms with E-state index in [-0.39, 0.29) is 0 Å². The van der Waals surface area contributed by atoms with Crippen molar-refractivity contribution in [2.75, 3.05) is 0 Å². The summed E-state index contributed by atoms with van der Waals surface area (Å²) in [5.74, 6) is 0. The molecular formula is C13H10ClN3. The highest BCUT2D eigenvalue weighted by Crippen LogP contribution is 2.18. The summed E-state index contributed by atoms with van der Waals surface area (Å²) in [4.78, 5) is 8.33. The molecule has 17 heavy (non-hydrogen) atoms. The van der Waals surface area contributed by atoms with E-state index in [0.29, 0.717) is 11.6 Å². The van der Waals surface area contributed by atoms with Crippen molar-refractivity contribution in [3.8, 4) is 0 Å². The maximum Gasteiger partial charge on any atom is 0.0961 e. The second-order valence-corrected chi connectivity index (χ2v) is 4.24. The lowest BCUT2D eigenvalue weighted by Crippen LogP contribution is -1.98. The van der Waals surface area contributed by atoms with Gasteiger partial charge in [0.25, 0.3) is 0 Å². The molecule has 0 bridgehead atoms. The largest absolute Gasteiger partial charge is 0.326 e. The molecule has 0 unspecified atom stereocenters. The number of rotatable bonds is 2. The maximum atomic E-state index is 6.10. The highest BCUT2D eigenvalue weighted by molar-refractivity contribution is 6.31. The molecule has 0 saturated carbocycles. The standard InChI is InChI=1S/C13H10ClN3/c14-11-7-15-6-5-10(11)8-17-9-16-12-3-1-2-4-13(12)17/h1-7,9H,8H2. The fourth-order valence-corrected chi connectivity index (χ4v) is 2.03. The van der Waals surface area contributed by atoms with E-state index in [4.69, 9.17) is 11.6 Å². The van der Waals surface area contributed by atoms with Crippen LogP contribution < -0.4 is 0 Å². The number of fused-ring (bicyclic) bond motifs is 1. The number of benzene rings is 1. The average molecular weight is 244 g/mol. The van der Waals surface area contributed by atoms with E-state index in [2.05, 4.69) is 20.6 Å². The Morgan fingerprint density at radius 1 is 1.18 bits per heavy atom. The molecule has 0 N–H and O–H groups in total. The SMILES string of the molecule is Clc1cnccc1Cn1cnc2ccccc21. The number of pyridine rings is 1. The molecule has 0 aliphatic heterocycles. The predicted molar refractivity (Wildman–Crippen MR) is 68.1 cm³/mol. The quantitative estimate of drug-likeness (QED) is 0.692. The summed E-state index contributed by atoms with van der Waals surface area (Å²) in [5, 5.41) is 0.685. The lowest BCUT2D eigenvalue weighted by atomic mass is 10.2. The minimum Gasteiger partial charge on any atom is -0.326 e. The van der Waals surface area contributed by atoms with Crippen LogP contribution in [-0.2, 0) is 6.54 Å². The molecule has 2 aromatic heterocycles. The molecule has 0 fully saturated rings. The lowest BCUT2D eigenvalue weighted by molar-refractivity contribution is 0.823. The number of hydrogen-bond donors (Lipinski definition) is 0. The summed E-state index contributed by atoms with van der Waals surface area (Å²) in [7, 11) is 0. The van der Waals surface area contributed by atoms with Gasteiger partial charge in [0.1, 0.15) is 0 Å². The highest BCUT2D eigenvalue weighted by atomic mass is 35.5. The molecule has 4 heteroatoms. The third-order valence-electron chi connectivity index (χ3n) is 2.72. The first-order valence-corrected chi connectivity index (χ1v) is 5.70. The van der Waals surface area contributed by atoms with Crippen LogP contribution in [0.5, 0.6) is 0 Å². The van der Waals surface area contributed by atoms with Gasteiger partial charge in [0.15, 0.2) is 0 Å². The first-order valence-electron chi connectivity index (χ1n) is 5.33. The molecule has 0 aliphatic rings. The van der Waals surface area contributed by atoms with Crippen molar-refractivity contribution in [1.82, 2.24) is 14.5 Å². The van der Waals surface area contributed by atoms with Crippen LogP contribution in [0.3, 0.4) is 0 Å². The molecule has 0 aliphatic carbocycles. The Labute approximate surface area is 104 Å². The van der Waals surface area contributed by atoms with Gasteiger partial charge in [-0.05, 0) is 23.8 Å². The summed E-state index contributed by atoms with van der Waals surface area (Å²) in [6, 6.07) is 9.97. The lowest BCUT2D eigenvalue weighted by Gasteiger charge is -2.05. The van der Waals surface area contributed by atoms with Crippen molar-refractivity contribution in [3.63, 3.8) is 0 Å². The molecular weight excluding hydrogens is 234 g/mol. The molecule has 0 radical (unpaired) electrons. The zero-order valence-electron chi connectivity index (χ0n) is 9.05. The summed E-state index contributed by atoms with van der Waals surface area (Å²) in [6.45, 7) is 0.710. The number of para-hydroxylation sites is 2. The second kappa shape index (κ2) is 4.18. The van der Waals surface area contributed by atoms with Gasteiger partial charge < -0.3 is 4.57 Å². The normalized spacial score (nSPS) is 10.9. The van der Waals surface area contributed by atoms with Crippen molar-refractivity contribution >= 4 is 22.6 Å². The molecule has 84 valence electrons. The van der Waals surface area contributed by atoms with Crippen LogP contribution in [0.2, 0.25) is 5.02 Å². The molecule has 0 saturated heterocycles. The number of aromatic nitrogens is 3. The maximum absolute atomic E-state index is 6.10. The van der Waals surface area contributed by atoms with Gasteiger partial charge in [0, 0.05) is 12.4 Å². The van der Waals surface area contributed by atoms with E-state index in [1.54, 1.807) is 12.4 Å².